The molecule has 0 aliphatic carbocycles. The standard InChI is InChI=1S/C19H16N2O4S2/c1-25-14-4-2-13(3-5-14)21-19(24)18(23)20-10-15-6-7-16(27-15)17(22)12-8-9-26-11-12/h2-9,11H,10H2,1H3,(H,20,23)(H,21,24). The van der Waals surface area contributed by atoms with Crippen molar-refractivity contribution in [3.63, 3.8) is 0 Å². The van der Waals surface area contributed by atoms with Crippen LogP contribution in [-0.2, 0) is 16.1 Å². The van der Waals surface area contributed by atoms with Gasteiger partial charge in [0.15, 0.2) is 0 Å². The molecule has 6 nitrogen and oxygen atoms in total. The molecule has 3 aromatic rings. The smallest absolute Gasteiger partial charge is 0.313 e. The maximum Gasteiger partial charge on any atom is 0.313 e. The number of anilines is 1. The van der Waals surface area contributed by atoms with Gasteiger partial charge in [-0.3, -0.25) is 14.4 Å². The number of nitrogens with one attached hydrogen (secondary N) is 2. The third kappa shape index (κ3) is 4.81. The van der Waals surface area contributed by atoms with Gasteiger partial charge in [0.25, 0.3) is 0 Å². The average molecular weight is 400 g/mol. The van der Waals surface area contributed by atoms with E-state index in [-0.39, 0.29) is 12.3 Å². The van der Waals surface area contributed by atoms with E-state index in [9.17, 15) is 14.4 Å². The molecular weight excluding hydrogens is 384 g/mol. The fourth-order valence-corrected chi connectivity index (χ4v) is 3.79. The molecule has 0 radical (unpaired) electrons. The van der Waals surface area contributed by atoms with E-state index in [0.717, 1.165) is 4.88 Å². The van der Waals surface area contributed by atoms with E-state index in [0.29, 0.717) is 21.9 Å². The molecule has 2 N–H and O–H groups in total. The normalized spacial score (nSPS) is 10.3. The van der Waals surface area contributed by atoms with Crippen LogP contribution in [0.3, 0.4) is 0 Å². The summed E-state index contributed by atoms with van der Waals surface area (Å²) < 4.78 is 5.04. The lowest BCUT2D eigenvalue weighted by molar-refractivity contribution is -0.136. The van der Waals surface area contributed by atoms with Gasteiger partial charge in [-0.2, -0.15) is 11.3 Å². The summed E-state index contributed by atoms with van der Waals surface area (Å²) in [5, 5.41) is 8.72. The van der Waals surface area contributed by atoms with Crippen LogP contribution in [0.2, 0.25) is 0 Å². The summed E-state index contributed by atoms with van der Waals surface area (Å²) in [6.07, 6.45) is 0. The second-order valence-corrected chi connectivity index (χ2v) is 7.42. The zero-order chi connectivity index (χ0) is 19.2. The number of carbonyl (C=O) groups is 3. The molecule has 2 heterocycles. The molecule has 2 aromatic heterocycles. The Bertz CT molecular complexity index is 947. The highest BCUT2D eigenvalue weighted by Crippen LogP contribution is 2.21. The van der Waals surface area contributed by atoms with Gasteiger partial charge in [-0.25, -0.2) is 0 Å². The largest absolute Gasteiger partial charge is 0.497 e. The number of methoxy groups -OCH3 is 1. The van der Waals surface area contributed by atoms with E-state index in [1.54, 1.807) is 55.0 Å². The van der Waals surface area contributed by atoms with Crippen molar-refractivity contribution in [1.29, 1.82) is 0 Å². The van der Waals surface area contributed by atoms with E-state index in [4.69, 9.17) is 4.74 Å². The number of carbonyl (C=O) groups excluding carboxylic acids is 3. The molecule has 0 bridgehead atoms. The maximum absolute atomic E-state index is 12.3. The van der Waals surface area contributed by atoms with Crippen LogP contribution in [0, 0.1) is 0 Å². The molecule has 2 amide bonds. The number of thiophene rings is 2. The summed E-state index contributed by atoms with van der Waals surface area (Å²) in [7, 11) is 1.55. The number of ether oxygens (including phenoxy) is 1. The maximum atomic E-state index is 12.3. The predicted octanol–water partition coefficient (Wildman–Crippen LogP) is 3.30. The van der Waals surface area contributed by atoms with Gasteiger partial charge in [0, 0.05) is 21.5 Å². The Hall–Kier alpha value is -2.97. The highest BCUT2D eigenvalue weighted by atomic mass is 32.1. The summed E-state index contributed by atoms with van der Waals surface area (Å²) in [6, 6.07) is 11.9. The van der Waals surface area contributed by atoms with Crippen molar-refractivity contribution in [2.24, 2.45) is 0 Å². The zero-order valence-electron chi connectivity index (χ0n) is 14.4. The fraction of sp³-hybridized carbons (Fsp3) is 0.105. The number of hydrogen-bond donors (Lipinski definition) is 2. The Labute approximate surface area is 163 Å². The van der Waals surface area contributed by atoms with E-state index in [1.807, 2.05) is 5.38 Å². The SMILES string of the molecule is COc1ccc(NC(=O)C(=O)NCc2ccc(C(=O)c3ccsc3)s2)cc1. The lowest BCUT2D eigenvalue weighted by Gasteiger charge is -2.06. The molecule has 27 heavy (non-hydrogen) atoms. The number of rotatable bonds is 6. The molecule has 0 unspecified atom stereocenters. The molecule has 8 heteroatoms. The summed E-state index contributed by atoms with van der Waals surface area (Å²) in [5.74, 6) is -0.893. The summed E-state index contributed by atoms with van der Waals surface area (Å²) in [4.78, 5) is 37.6. The van der Waals surface area contributed by atoms with Gasteiger partial charge < -0.3 is 15.4 Å². The molecule has 0 atom stereocenters. The molecule has 1 aromatic carbocycles. The highest BCUT2D eigenvalue weighted by Gasteiger charge is 2.15. The van der Waals surface area contributed by atoms with Crippen LogP contribution in [0.25, 0.3) is 0 Å². The summed E-state index contributed by atoms with van der Waals surface area (Å²) in [6.45, 7) is 0.177. The lowest BCUT2D eigenvalue weighted by Crippen LogP contribution is -2.34. The Morgan fingerprint density at radius 2 is 1.78 bits per heavy atom. The Morgan fingerprint density at radius 3 is 2.44 bits per heavy atom. The van der Waals surface area contributed by atoms with Crippen molar-refractivity contribution in [1.82, 2.24) is 5.32 Å². The molecule has 0 saturated carbocycles. The first-order valence-electron chi connectivity index (χ1n) is 7.95. The van der Waals surface area contributed by atoms with Gasteiger partial charge in [0.1, 0.15) is 5.75 Å². The van der Waals surface area contributed by atoms with Gasteiger partial charge in [-0.15, -0.1) is 11.3 Å². The van der Waals surface area contributed by atoms with Gasteiger partial charge >= 0.3 is 11.8 Å². The van der Waals surface area contributed by atoms with Crippen LogP contribution in [0.15, 0.2) is 53.2 Å². The van der Waals surface area contributed by atoms with Crippen molar-refractivity contribution >= 4 is 46.0 Å². The molecule has 3 rings (SSSR count). The van der Waals surface area contributed by atoms with Crippen LogP contribution in [0.5, 0.6) is 5.75 Å². The molecule has 0 fully saturated rings. The minimum atomic E-state index is -0.758. The quantitative estimate of drug-likeness (QED) is 0.491. The Balaban J connectivity index is 1.52. The van der Waals surface area contributed by atoms with Crippen LogP contribution in [0.1, 0.15) is 20.1 Å². The Kier molecular flexibility index (Phi) is 6.00. The molecular formula is C19H16N2O4S2. The first-order valence-corrected chi connectivity index (χ1v) is 9.71. The van der Waals surface area contributed by atoms with Crippen molar-refractivity contribution < 1.29 is 19.1 Å². The molecule has 138 valence electrons. The number of ketones is 1. The molecule has 0 spiro atoms. The van der Waals surface area contributed by atoms with Crippen LogP contribution in [-0.4, -0.2) is 24.7 Å². The zero-order valence-corrected chi connectivity index (χ0v) is 16.0. The second-order valence-electron chi connectivity index (χ2n) is 5.47. The van der Waals surface area contributed by atoms with Crippen molar-refractivity contribution in [2.45, 2.75) is 6.54 Å². The third-order valence-corrected chi connectivity index (χ3v) is 5.41. The predicted molar refractivity (Wildman–Crippen MR) is 106 cm³/mol. The van der Waals surface area contributed by atoms with Crippen molar-refractivity contribution in [2.75, 3.05) is 12.4 Å². The van der Waals surface area contributed by atoms with Gasteiger partial charge in [-0.05, 0) is 47.8 Å². The highest BCUT2D eigenvalue weighted by molar-refractivity contribution is 7.14. The number of benzene rings is 1. The van der Waals surface area contributed by atoms with Crippen LogP contribution >= 0.6 is 22.7 Å². The van der Waals surface area contributed by atoms with Gasteiger partial charge in [0.2, 0.25) is 5.78 Å². The monoisotopic (exact) mass is 400 g/mol. The topological polar surface area (TPSA) is 84.5 Å². The van der Waals surface area contributed by atoms with Gasteiger partial charge in [0.05, 0.1) is 18.5 Å². The third-order valence-electron chi connectivity index (χ3n) is 3.65. The fourth-order valence-electron chi connectivity index (χ4n) is 2.24. The average Bonchev–Trinajstić information content (AvgIpc) is 3.38. The first kappa shape index (κ1) is 18.8. The van der Waals surface area contributed by atoms with Crippen LogP contribution in [0.4, 0.5) is 5.69 Å². The molecule has 0 aliphatic heterocycles. The molecule has 0 saturated heterocycles. The van der Waals surface area contributed by atoms with Crippen LogP contribution < -0.4 is 15.4 Å². The minimum absolute atomic E-state index is 0.0453. The number of hydrogen-bond acceptors (Lipinski definition) is 6. The van der Waals surface area contributed by atoms with E-state index >= 15 is 0 Å². The minimum Gasteiger partial charge on any atom is -0.497 e. The van der Waals surface area contributed by atoms with Gasteiger partial charge in [-0.1, -0.05) is 0 Å². The Morgan fingerprint density at radius 1 is 1.00 bits per heavy atom. The molecule has 0 aliphatic rings. The lowest BCUT2D eigenvalue weighted by atomic mass is 10.2. The second kappa shape index (κ2) is 8.61. The van der Waals surface area contributed by atoms with Crippen molar-refractivity contribution in [3.8, 4) is 5.75 Å². The van der Waals surface area contributed by atoms with Crippen molar-refractivity contribution in [3.05, 3.63) is 68.5 Å². The van der Waals surface area contributed by atoms with E-state index < -0.39 is 11.8 Å². The van der Waals surface area contributed by atoms with E-state index in [1.165, 1.54) is 22.7 Å². The number of amides is 2. The summed E-state index contributed by atoms with van der Waals surface area (Å²) >= 11 is 2.76. The van der Waals surface area contributed by atoms with E-state index in [2.05, 4.69) is 10.6 Å². The summed E-state index contributed by atoms with van der Waals surface area (Å²) in [5.41, 5.74) is 1.15. The first-order chi connectivity index (χ1) is 13.1.